The first-order valence-corrected chi connectivity index (χ1v) is 4.30. The van der Waals surface area contributed by atoms with Crippen LogP contribution in [0.3, 0.4) is 0 Å². The van der Waals surface area contributed by atoms with Gasteiger partial charge in [0.1, 0.15) is 6.29 Å². The molecule has 2 aromatic rings. The van der Waals surface area contributed by atoms with E-state index in [9.17, 15) is 4.79 Å². The van der Waals surface area contributed by atoms with Crippen LogP contribution in [0.1, 0.15) is 5.69 Å². The molecule has 0 aliphatic carbocycles. The monoisotopic (exact) mass is 187 g/mol. The standard InChI is InChI=1S/C10H9N3O/c14-7-6-9-8-13(12-11-9)10-4-2-1-3-5-10/h1-5,7-8H,6H2. The first-order chi connectivity index (χ1) is 6.90. The van der Waals surface area contributed by atoms with E-state index in [4.69, 9.17) is 0 Å². The molecule has 0 saturated heterocycles. The lowest BCUT2D eigenvalue weighted by Gasteiger charge is -1.96. The summed E-state index contributed by atoms with van der Waals surface area (Å²) in [6.07, 6.45) is 2.88. The van der Waals surface area contributed by atoms with Crippen LogP contribution in [0.25, 0.3) is 5.69 Å². The number of rotatable bonds is 3. The lowest BCUT2D eigenvalue weighted by Crippen LogP contribution is -1.93. The van der Waals surface area contributed by atoms with Crippen LogP contribution in [0.5, 0.6) is 0 Å². The molecule has 0 unspecified atom stereocenters. The molecule has 2 rings (SSSR count). The molecule has 0 radical (unpaired) electrons. The van der Waals surface area contributed by atoms with Crippen molar-refractivity contribution in [1.29, 1.82) is 0 Å². The van der Waals surface area contributed by atoms with Gasteiger partial charge in [0.05, 0.1) is 17.6 Å². The van der Waals surface area contributed by atoms with Gasteiger partial charge in [0.2, 0.25) is 0 Å². The summed E-state index contributed by atoms with van der Waals surface area (Å²) in [4.78, 5) is 10.2. The fourth-order valence-electron chi connectivity index (χ4n) is 1.18. The number of hydrogen-bond donors (Lipinski definition) is 0. The molecule has 0 fully saturated rings. The zero-order valence-corrected chi connectivity index (χ0v) is 7.50. The molecule has 4 nitrogen and oxygen atoms in total. The molecule has 0 bridgehead atoms. The number of carbonyl (C=O) groups excluding carboxylic acids is 1. The molecule has 0 saturated carbocycles. The predicted molar refractivity (Wildman–Crippen MR) is 51.1 cm³/mol. The Morgan fingerprint density at radius 2 is 2.07 bits per heavy atom. The maximum atomic E-state index is 10.2. The fourth-order valence-corrected chi connectivity index (χ4v) is 1.18. The van der Waals surface area contributed by atoms with Crippen LogP contribution in [-0.4, -0.2) is 21.3 Å². The molecular weight excluding hydrogens is 178 g/mol. The second-order valence-electron chi connectivity index (χ2n) is 2.86. The summed E-state index contributed by atoms with van der Waals surface area (Å²) in [6, 6.07) is 9.65. The van der Waals surface area contributed by atoms with Crippen LogP contribution in [-0.2, 0) is 11.2 Å². The van der Waals surface area contributed by atoms with Crippen molar-refractivity contribution in [1.82, 2.24) is 15.0 Å². The number of benzene rings is 1. The lowest BCUT2D eigenvalue weighted by molar-refractivity contribution is -0.107. The highest BCUT2D eigenvalue weighted by atomic mass is 16.1. The Kier molecular flexibility index (Phi) is 2.36. The number of aromatic nitrogens is 3. The highest BCUT2D eigenvalue weighted by Gasteiger charge is 2.00. The van der Waals surface area contributed by atoms with E-state index in [1.54, 1.807) is 10.9 Å². The van der Waals surface area contributed by atoms with E-state index in [0.29, 0.717) is 12.1 Å². The molecule has 1 heterocycles. The smallest absolute Gasteiger partial charge is 0.126 e. The molecule has 0 N–H and O–H groups in total. The third kappa shape index (κ3) is 1.69. The first-order valence-electron chi connectivity index (χ1n) is 4.30. The van der Waals surface area contributed by atoms with Crippen molar-refractivity contribution in [3.05, 3.63) is 42.2 Å². The molecule has 0 aliphatic rings. The molecule has 1 aromatic carbocycles. The van der Waals surface area contributed by atoms with Crippen molar-refractivity contribution < 1.29 is 4.79 Å². The molecule has 14 heavy (non-hydrogen) atoms. The Labute approximate surface area is 81.2 Å². The summed E-state index contributed by atoms with van der Waals surface area (Å²) in [6.45, 7) is 0. The number of para-hydroxylation sites is 1. The summed E-state index contributed by atoms with van der Waals surface area (Å²) in [5, 5.41) is 7.78. The Morgan fingerprint density at radius 3 is 2.79 bits per heavy atom. The minimum atomic E-state index is 0.312. The topological polar surface area (TPSA) is 47.8 Å². The highest BCUT2D eigenvalue weighted by Crippen LogP contribution is 2.05. The van der Waals surface area contributed by atoms with Crippen molar-refractivity contribution in [2.45, 2.75) is 6.42 Å². The van der Waals surface area contributed by atoms with E-state index in [-0.39, 0.29) is 0 Å². The largest absolute Gasteiger partial charge is 0.303 e. The van der Waals surface area contributed by atoms with Crippen molar-refractivity contribution in [2.24, 2.45) is 0 Å². The van der Waals surface area contributed by atoms with E-state index in [0.717, 1.165) is 12.0 Å². The second-order valence-corrected chi connectivity index (χ2v) is 2.86. The van der Waals surface area contributed by atoms with Gasteiger partial charge in [-0.3, -0.25) is 0 Å². The van der Waals surface area contributed by atoms with Gasteiger partial charge in [-0.05, 0) is 12.1 Å². The zero-order valence-electron chi connectivity index (χ0n) is 7.50. The van der Waals surface area contributed by atoms with Gasteiger partial charge >= 0.3 is 0 Å². The third-order valence-electron chi connectivity index (χ3n) is 1.85. The molecule has 70 valence electrons. The fraction of sp³-hybridized carbons (Fsp3) is 0.100. The van der Waals surface area contributed by atoms with Crippen LogP contribution in [0.15, 0.2) is 36.5 Å². The summed E-state index contributed by atoms with van der Waals surface area (Å²) in [7, 11) is 0. The Balaban J connectivity index is 2.29. The van der Waals surface area contributed by atoms with Gasteiger partial charge in [-0.25, -0.2) is 4.68 Å². The molecule has 0 spiro atoms. The summed E-state index contributed by atoms with van der Waals surface area (Å²) in [5.74, 6) is 0. The van der Waals surface area contributed by atoms with Crippen molar-refractivity contribution in [3.8, 4) is 5.69 Å². The van der Waals surface area contributed by atoms with Crippen LogP contribution in [0.2, 0.25) is 0 Å². The Bertz CT molecular complexity index is 422. The van der Waals surface area contributed by atoms with Crippen molar-refractivity contribution in [3.63, 3.8) is 0 Å². The summed E-state index contributed by atoms with van der Waals surface area (Å²) in [5.41, 5.74) is 1.63. The predicted octanol–water partition coefficient (Wildman–Crippen LogP) is 1.01. The highest BCUT2D eigenvalue weighted by molar-refractivity contribution is 5.53. The van der Waals surface area contributed by atoms with E-state index < -0.39 is 0 Å². The van der Waals surface area contributed by atoms with Crippen LogP contribution < -0.4 is 0 Å². The van der Waals surface area contributed by atoms with Crippen LogP contribution >= 0.6 is 0 Å². The zero-order chi connectivity index (χ0) is 9.80. The van der Waals surface area contributed by atoms with Gasteiger partial charge in [-0.2, -0.15) is 0 Å². The van der Waals surface area contributed by atoms with Gasteiger partial charge < -0.3 is 4.79 Å². The van der Waals surface area contributed by atoms with E-state index >= 15 is 0 Å². The third-order valence-corrected chi connectivity index (χ3v) is 1.85. The van der Waals surface area contributed by atoms with Gasteiger partial charge in [0, 0.05) is 6.42 Å². The average Bonchev–Trinajstić information content (AvgIpc) is 2.68. The number of carbonyl (C=O) groups is 1. The van der Waals surface area contributed by atoms with Gasteiger partial charge in [0.15, 0.2) is 0 Å². The molecule has 4 heteroatoms. The average molecular weight is 187 g/mol. The molecule has 1 aromatic heterocycles. The van der Waals surface area contributed by atoms with Crippen LogP contribution in [0.4, 0.5) is 0 Å². The molecule has 0 amide bonds. The number of hydrogen-bond acceptors (Lipinski definition) is 3. The first kappa shape index (κ1) is 8.62. The Hall–Kier alpha value is -1.97. The lowest BCUT2D eigenvalue weighted by atomic mass is 10.3. The van der Waals surface area contributed by atoms with Gasteiger partial charge in [-0.15, -0.1) is 5.10 Å². The summed E-state index contributed by atoms with van der Waals surface area (Å²) < 4.78 is 1.65. The minimum Gasteiger partial charge on any atom is -0.303 e. The van der Waals surface area contributed by atoms with E-state index in [2.05, 4.69) is 10.3 Å². The second kappa shape index (κ2) is 3.83. The quantitative estimate of drug-likeness (QED) is 0.674. The SMILES string of the molecule is O=CCc1cn(-c2ccccc2)nn1. The molecule has 0 aliphatic heterocycles. The normalized spacial score (nSPS) is 10.0. The minimum absolute atomic E-state index is 0.312. The Morgan fingerprint density at radius 1 is 1.29 bits per heavy atom. The van der Waals surface area contributed by atoms with E-state index in [1.807, 2.05) is 30.3 Å². The number of nitrogens with zero attached hydrogens (tertiary/aromatic N) is 3. The van der Waals surface area contributed by atoms with E-state index in [1.165, 1.54) is 0 Å². The van der Waals surface area contributed by atoms with Gasteiger partial charge in [-0.1, -0.05) is 23.4 Å². The molecule has 0 atom stereocenters. The maximum Gasteiger partial charge on any atom is 0.126 e. The number of aldehydes is 1. The summed E-state index contributed by atoms with van der Waals surface area (Å²) >= 11 is 0. The van der Waals surface area contributed by atoms with Crippen LogP contribution in [0, 0.1) is 0 Å². The molecular formula is C10H9N3O. The van der Waals surface area contributed by atoms with Gasteiger partial charge in [0.25, 0.3) is 0 Å². The maximum absolute atomic E-state index is 10.2. The van der Waals surface area contributed by atoms with Crippen molar-refractivity contribution >= 4 is 6.29 Å². The van der Waals surface area contributed by atoms with Crippen molar-refractivity contribution in [2.75, 3.05) is 0 Å².